The average molecular weight is 776 g/mol. The lowest BCUT2D eigenvalue weighted by atomic mass is 10.0. The quantitative estimate of drug-likeness (QED) is 0.0264. The Morgan fingerprint density at radius 3 is 1.58 bits per heavy atom. The number of allylic oxidation sites excluding steroid dienone is 4. The van der Waals surface area contributed by atoms with Crippen molar-refractivity contribution in [3.63, 3.8) is 0 Å². The lowest BCUT2D eigenvalue weighted by molar-refractivity contribution is -0.150. The van der Waals surface area contributed by atoms with Crippen molar-refractivity contribution in [3.05, 3.63) is 24.3 Å². The molecule has 8 heteroatoms. The van der Waals surface area contributed by atoms with Gasteiger partial charge in [-0.2, -0.15) is 0 Å². The lowest BCUT2D eigenvalue weighted by Crippen LogP contribution is -2.27. The summed E-state index contributed by atoms with van der Waals surface area (Å²) in [4.78, 5) is 39.6. The summed E-state index contributed by atoms with van der Waals surface area (Å²) in [5, 5.41) is 0. The molecule has 0 amide bonds. The molecule has 55 heavy (non-hydrogen) atoms. The number of nitrogens with zero attached hydrogens (tertiary/aromatic N) is 1. The molecule has 1 aliphatic carbocycles. The summed E-state index contributed by atoms with van der Waals surface area (Å²) in [7, 11) is 0. The van der Waals surface area contributed by atoms with Crippen molar-refractivity contribution >= 4 is 18.1 Å². The number of carbonyl (C=O) groups is 3. The number of ether oxygens (including phenoxy) is 4. The van der Waals surface area contributed by atoms with Crippen molar-refractivity contribution in [2.45, 2.75) is 195 Å². The van der Waals surface area contributed by atoms with E-state index < -0.39 is 12.1 Å². The van der Waals surface area contributed by atoms with Gasteiger partial charge < -0.3 is 23.8 Å². The molecule has 0 radical (unpaired) electrons. The Morgan fingerprint density at radius 2 is 1.02 bits per heavy atom. The van der Waals surface area contributed by atoms with E-state index in [0.29, 0.717) is 12.8 Å². The van der Waals surface area contributed by atoms with Gasteiger partial charge in [-0.25, -0.2) is 4.79 Å². The first-order valence-electron chi connectivity index (χ1n) is 23.1. The SMILES string of the molecule is CCCCC/C=C\C/C=C\CCCCCCCC(=O)OCC(COC(=O)CCCCCCCC1CC1CCCCCC)COC(=O)OCCCN(CC)CC. The van der Waals surface area contributed by atoms with E-state index in [0.717, 1.165) is 95.7 Å². The Balaban J connectivity index is 2.27. The first kappa shape index (κ1) is 50.7. The molecule has 0 saturated heterocycles. The van der Waals surface area contributed by atoms with Crippen LogP contribution in [0.5, 0.6) is 0 Å². The third-order valence-electron chi connectivity index (χ3n) is 10.9. The minimum absolute atomic E-state index is 0.0300. The molecule has 1 rings (SSSR count). The summed E-state index contributed by atoms with van der Waals surface area (Å²) in [6.45, 7) is 11.8. The van der Waals surface area contributed by atoms with Crippen molar-refractivity contribution in [1.82, 2.24) is 4.90 Å². The molecule has 0 bridgehead atoms. The smallest absolute Gasteiger partial charge is 0.465 e. The largest absolute Gasteiger partial charge is 0.508 e. The summed E-state index contributed by atoms with van der Waals surface area (Å²) in [5.41, 5.74) is 0. The molecule has 1 aliphatic rings. The fraction of sp³-hybridized carbons (Fsp3) is 0.851. The van der Waals surface area contributed by atoms with Gasteiger partial charge >= 0.3 is 18.1 Å². The Labute approximate surface area is 338 Å². The van der Waals surface area contributed by atoms with Gasteiger partial charge in [0, 0.05) is 19.4 Å². The lowest BCUT2D eigenvalue weighted by Gasteiger charge is -2.18. The number of rotatable bonds is 39. The predicted octanol–water partition coefficient (Wildman–Crippen LogP) is 12.7. The minimum Gasteiger partial charge on any atom is -0.465 e. The van der Waals surface area contributed by atoms with Gasteiger partial charge in [-0.3, -0.25) is 9.59 Å². The van der Waals surface area contributed by atoms with Gasteiger partial charge in [0.1, 0.15) is 19.8 Å². The van der Waals surface area contributed by atoms with E-state index in [9.17, 15) is 14.4 Å². The van der Waals surface area contributed by atoms with Gasteiger partial charge in [0.05, 0.1) is 12.5 Å². The molecule has 3 atom stereocenters. The molecular formula is C47H85NO7. The van der Waals surface area contributed by atoms with Crippen LogP contribution in [0.1, 0.15) is 195 Å². The number of hydrogen-bond donors (Lipinski definition) is 0. The van der Waals surface area contributed by atoms with E-state index in [-0.39, 0.29) is 38.4 Å². The van der Waals surface area contributed by atoms with Crippen LogP contribution in [0.4, 0.5) is 4.79 Å². The molecule has 0 aliphatic heterocycles. The number of unbranched alkanes of at least 4 members (excludes halogenated alkanes) is 15. The molecule has 0 heterocycles. The number of carbonyl (C=O) groups excluding carboxylic acids is 3. The average Bonchev–Trinajstić information content (AvgIpc) is 3.95. The zero-order valence-corrected chi connectivity index (χ0v) is 36.2. The third-order valence-corrected chi connectivity index (χ3v) is 10.9. The second kappa shape index (κ2) is 37.2. The highest BCUT2D eigenvalue weighted by Crippen LogP contribution is 2.45. The van der Waals surface area contributed by atoms with E-state index in [1.54, 1.807) is 0 Å². The van der Waals surface area contributed by atoms with E-state index in [1.165, 1.54) is 89.9 Å². The topological polar surface area (TPSA) is 91.4 Å². The Morgan fingerprint density at radius 1 is 0.545 bits per heavy atom. The van der Waals surface area contributed by atoms with Crippen LogP contribution in [0.3, 0.4) is 0 Å². The van der Waals surface area contributed by atoms with Crippen LogP contribution in [0, 0.1) is 17.8 Å². The second-order valence-corrected chi connectivity index (χ2v) is 15.9. The summed E-state index contributed by atoms with van der Waals surface area (Å²) >= 11 is 0. The standard InChI is InChI=1S/C47H85NO7/c1-5-9-11-13-14-15-16-17-18-19-20-21-22-25-29-34-45(49)53-39-42(41-55-47(51)52-37-31-36-48(7-3)8-4)40-54-46(50)35-30-26-23-24-28-33-44-38-43(44)32-27-12-10-6-2/h14-15,17-18,42-44H,5-13,16,19-41H2,1-4H3/b15-14-,18-17-. The zero-order valence-electron chi connectivity index (χ0n) is 36.2. The maximum Gasteiger partial charge on any atom is 0.508 e. The molecule has 1 saturated carbocycles. The highest BCUT2D eigenvalue weighted by Gasteiger charge is 2.35. The molecule has 0 aromatic rings. The van der Waals surface area contributed by atoms with Crippen LogP contribution >= 0.6 is 0 Å². The molecular weight excluding hydrogens is 691 g/mol. The van der Waals surface area contributed by atoms with Gasteiger partial charge in [0.2, 0.25) is 0 Å². The van der Waals surface area contributed by atoms with E-state index in [4.69, 9.17) is 18.9 Å². The van der Waals surface area contributed by atoms with Gasteiger partial charge in [-0.15, -0.1) is 0 Å². The Hall–Kier alpha value is -2.35. The van der Waals surface area contributed by atoms with Crippen LogP contribution < -0.4 is 0 Å². The van der Waals surface area contributed by atoms with Crippen molar-refractivity contribution in [2.75, 3.05) is 46.1 Å². The predicted molar refractivity (Wildman–Crippen MR) is 227 cm³/mol. The summed E-state index contributed by atoms with van der Waals surface area (Å²) < 4.78 is 21.7. The Bertz CT molecular complexity index is 978. The van der Waals surface area contributed by atoms with Gasteiger partial charge in [0.15, 0.2) is 0 Å². The first-order valence-corrected chi connectivity index (χ1v) is 23.1. The Kier molecular flexibility index (Phi) is 34.3. The molecule has 1 fully saturated rings. The van der Waals surface area contributed by atoms with Crippen molar-refractivity contribution < 1.29 is 33.3 Å². The number of hydrogen-bond acceptors (Lipinski definition) is 8. The summed E-state index contributed by atoms with van der Waals surface area (Å²) in [6.07, 6.45) is 37.4. The van der Waals surface area contributed by atoms with Crippen molar-refractivity contribution in [1.29, 1.82) is 0 Å². The van der Waals surface area contributed by atoms with Gasteiger partial charge in [0.25, 0.3) is 0 Å². The van der Waals surface area contributed by atoms with Crippen LogP contribution in [-0.2, 0) is 28.5 Å². The first-order chi connectivity index (χ1) is 26.9. The van der Waals surface area contributed by atoms with Crippen LogP contribution in [-0.4, -0.2) is 69.1 Å². The molecule has 0 aromatic carbocycles. The summed E-state index contributed by atoms with van der Waals surface area (Å²) in [5.74, 6) is 0.985. The molecule has 320 valence electrons. The highest BCUT2D eigenvalue weighted by molar-refractivity contribution is 5.69. The maximum absolute atomic E-state index is 12.5. The fourth-order valence-electron chi connectivity index (χ4n) is 7.06. The van der Waals surface area contributed by atoms with Crippen molar-refractivity contribution in [3.8, 4) is 0 Å². The van der Waals surface area contributed by atoms with Crippen LogP contribution in [0.25, 0.3) is 0 Å². The molecule has 0 spiro atoms. The highest BCUT2D eigenvalue weighted by atomic mass is 16.7. The monoisotopic (exact) mass is 776 g/mol. The molecule has 0 aromatic heterocycles. The van der Waals surface area contributed by atoms with Crippen molar-refractivity contribution in [2.24, 2.45) is 17.8 Å². The van der Waals surface area contributed by atoms with Gasteiger partial charge in [-0.05, 0) is 82.7 Å². The second-order valence-electron chi connectivity index (χ2n) is 15.9. The third kappa shape index (κ3) is 32.4. The molecule has 3 unspecified atom stereocenters. The molecule has 0 N–H and O–H groups in total. The van der Waals surface area contributed by atoms with Crippen LogP contribution in [0.15, 0.2) is 24.3 Å². The minimum atomic E-state index is -0.753. The van der Waals surface area contributed by atoms with E-state index in [2.05, 4.69) is 56.9 Å². The zero-order chi connectivity index (χ0) is 40.0. The summed E-state index contributed by atoms with van der Waals surface area (Å²) in [6, 6.07) is 0. The normalized spacial score (nSPS) is 15.9. The maximum atomic E-state index is 12.5. The van der Waals surface area contributed by atoms with Gasteiger partial charge in [-0.1, -0.05) is 148 Å². The van der Waals surface area contributed by atoms with E-state index in [1.807, 2.05) is 0 Å². The molecule has 8 nitrogen and oxygen atoms in total. The van der Waals surface area contributed by atoms with Crippen LogP contribution in [0.2, 0.25) is 0 Å². The van der Waals surface area contributed by atoms with E-state index >= 15 is 0 Å². The fourth-order valence-corrected chi connectivity index (χ4v) is 7.06. The number of esters is 2.